The third kappa shape index (κ3) is 4.18. The maximum atomic E-state index is 13.2. The quantitative estimate of drug-likeness (QED) is 0.750. The van der Waals surface area contributed by atoms with E-state index in [2.05, 4.69) is 5.32 Å². The zero-order chi connectivity index (χ0) is 22.2. The van der Waals surface area contributed by atoms with Gasteiger partial charge in [-0.2, -0.15) is 4.31 Å². The lowest BCUT2D eigenvalue weighted by Gasteiger charge is -2.39. The molecule has 0 spiro atoms. The Balaban J connectivity index is 1.45. The number of fused-ring (bicyclic) bond motifs is 1. The van der Waals surface area contributed by atoms with Crippen LogP contribution in [0.4, 0.5) is 11.4 Å². The van der Waals surface area contributed by atoms with Gasteiger partial charge in [-0.25, -0.2) is 8.42 Å². The predicted octanol–water partition coefficient (Wildman–Crippen LogP) is 2.02. The summed E-state index contributed by atoms with van der Waals surface area (Å²) in [4.78, 5) is 28.8. The average molecular weight is 463 g/mol. The molecule has 0 saturated carbocycles. The molecule has 164 valence electrons. The summed E-state index contributed by atoms with van der Waals surface area (Å²) in [6.45, 7) is 3.05. The number of halogens is 1. The number of rotatable bonds is 4. The van der Waals surface area contributed by atoms with Gasteiger partial charge in [0.15, 0.2) is 0 Å². The molecule has 2 aliphatic heterocycles. The van der Waals surface area contributed by atoms with Crippen molar-refractivity contribution < 1.29 is 18.0 Å². The number of benzene rings is 2. The van der Waals surface area contributed by atoms with E-state index in [0.29, 0.717) is 24.5 Å². The summed E-state index contributed by atoms with van der Waals surface area (Å²) in [7, 11) is -3.70. The Labute approximate surface area is 186 Å². The van der Waals surface area contributed by atoms with Crippen molar-refractivity contribution in [3.05, 3.63) is 53.6 Å². The first kappa shape index (κ1) is 21.8. The molecule has 10 heteroatoms. The number of sulfonamides is 1. The van der Waals surface area contributed by atoms with Crippen LogP contribution in [-0.4, -0.2) is 68.2 Å². The normalized spacial score (nSPS) is 18.9. The molecular weight excluding hydrogens is 440 g/mol. The molecule has 1 N–H and O–H groups in total. The number of amides is 2. The second-order valence-electron chi connectivity index (χ2n) is 7.54. The average Bonchev–Trinajstić information content (AvgIpc) is 2.77. The van der Waals surface area contributed by atoms with Crippen LogP contribution in [0.3, 0.4) is 0 Å². The number of piperazine rings is 1. The van der Waals surface area contributed by atoms with E-state index in [1.807, 2.05) is 11.0 Å². The molecule has 1 fully saturated rings. The molecule has 1 saturated heterocycles. The molecule has 0 aromatic heterocycles. The molecule has 1 unspecified atom stereocenters. The Morgan fingerprint density at radius 2 is 1.68 bits per heavy atom. The molecule has 0 aliphatic carbocycles. The van der Waals surface area contributed by atoms with Crippen LogP contribution >= 0.6 is 11.6 Å². The third-order valence-electron chi connectivity index (χ3n) is 5.67. The summed E-state index contributed by atoms with van der Waals surface area (Å²) in [5.74, 6) is -0.431. The van der Waals surface area contributed by atoms with Crippen molar-refractivity contribution in [3.8, 4) is 0 Å². The highest BCUT2D eigenvalue weighted by Crippen LogP contribution is 2.30. The molecule has 31 heavy (non-hydrogen) atoms. The molecule has 2 aromatic carbocycles. The molecule has 0 radical (unpaired) electrons. The van der Waals surface area contributed by atoms with Crippen LogP contribution in [0.15, 0.2) is 53.4 Å². The summed E-state index contributed by atoms with van der Waals surface area (Å²) >= 11 is 6.09. The summed E-state index contributed by atoms with van der Waals surface area (Å²) in [6, 6.07) is 13.1. The van der Waals surface area contributed by atoms with E-state index in [1.165, 1.54) is 15.3 Å². The van der Waals surface area contributed by atoms with E-state index < -0.39 is 16.1 Å². The van der Waals surface area contributed by atoms with Crippen molar-refractivity contribution in [2.24, 2.45) is 0 Å². The minimum atomic E-state index is -3.70. The van der Waals surface area contributed by atoms with Gasteiger partial charge in [0.05, 0.1) is 22.4 Å². The van der Waals surface area contributed by atoms with Crippen LogP contribution in [0.5, 0.6) is 0 Å². The van der Waals surface area contributed by atoms with Crippen molar-refractivity contribution in [2.75, 3.05) is 42.9 Å². The molecule has 1 atom stereocenters. The highest BCUT2D eigenvalue weighted by Gasteiger charge is 2.36. The Hall–Kier alpha value is -2.46. The Morgan fingerprint density at radius 3 is 2.39 bits per heavy atom. The lowest BCUT2D eigenvalue weighted by molar-refractivity contribution is -0.125. The van der Waals surface area contributed by atoms with E-state index in [9.17, 15) is 18.0 Å². The highest BCUT2D eigenvalue weighted by atomic mass is 35.5. The van der Waals surface area contributed by atoms with E-state index in [4.69, 9.17) is 11.6 Å². The van der Waals surface area contributed by atoms with Crippen LogP contribution < -0.4 is 10.2 Å². The molecule has 0 bridgehead atoms. The van der Waals surface area contributed by atoms with Crippen molar-refractivity contribution in [1.29, 1.82) is 0 Å². The Bertz CT molecular complexity index is 1120. The standard InChI is InChI=1S/C21H23ClN4O4S/c1-15(21(28)26-14-20(27)23-17-7-3-4-8-18(17)26)24-10-12-25(13-11-24)31(29,30)19-9-5-2-6-16(19)22/h2-9,15H,10-14H2,1H3,(H,23,27). The molecule has 2 amide bonds. The summed E-state index contributed by atoms with van der Waals surface area (Å²) in [6.07, 6.45) is 0. The number of anilines is 2. The second-order valence-corrected chi connectivity index (χ2v) is 9.85. The number of hydrogen-bond acceptors (Lipinski definition) is 5. The van der Waals surface area contributed by atoms with Crippen LogP contribution in [-0.2, 0) is 19.6 Å². The Morgan fingerprint density at radius 1 is 1.03 bits per heavy atom. The van der Waals surface area contributed by atoms with Crippen LogP contribution in [0.2, 0.25) is 5.02 Å². The summed E-state index contributed by atoms with van der Waals surface area (Å²) in [5, 5.41) is 2.97. The number of nitrogens with one attached hydrogen (secondary N) is 1. The highest BCUT2D eigenvalue weighted by molar-refractivity contribution is 7.89. The van der Waals surface area contributed by atoms with E-state index in [0.717, 1.165) is 0 Å². The largest absolute Gasteiger partial charge is 0.323 e. The predicted molar refractivity (Wildman–Crippen MR) is 119 cm³/mol. The fourth-order valence-corrected chi connectivity index (χ4v) is 5.85. The van der Waals surface area contributed by atoms with Gasteiger partial charge in [-0.05, 0) is 31.2 Å². The van der Waals surface area contributed by atoms with Gasteiger partial charge in [0.25, 0.3) is 0 Å². The lowest BCUT2D eigenvalue weighted by Crippen LogP contribution is -2.56. The summed E-state index contributed by atoms with van der Waals surface area (Å²) in [5.41, 5.74) is 1.27. The number of carbonyl (C=O) groups is 2. The maximum Gasteiger partial charge on any atom is 0.244 e. The minimum absolute atomic E-state index is 0.0406. The lowest BCUT2D eigenvalue weighted by atomic mass is 10.1. The fourth-order valence-electron chi connectivity index (χ4n) is 3.94. The first-order valence-electron chi connectivity index (χ1n) is 9.98. The van der Waals surface area contributed by atoms with Gasteiger partial charge in [-0.1, -0.05) is 35.9 Å². The fraction of sp³-hybridized carbons (Fsp3) is 0.333. The number of hydrogen-bond donors (Lipinski definition) is 1. The molecule has 2 aliphatic rings. The van der Waals surface area contributed by atoms with E-state index >= 15 is 0 Å². The van der Waals surface area contributed by atoms with Gasteiger partial charge in [-0.3, -0.25) is 19.4 Å². The van der Waals surface area contributed by atoms with Crippen molar-refractivity contribution in [3.63, 3.8) is 0 Å². The SMILES string of the molecule is CC(C(=O)N1CC(=O)Nc2ccccc21)N1CCN(S(=O)(=O)c2ccccc2Cl)CC1. The zero-order valence-electron chi connectivity index (χ0n) is 17.0. The van der Waals surface area contributed by atoms with Gasteiger partial charge in [0.2, 0.25) is 21.8 Å². The number of nitrogens with zero attached hydrogens (tertiary/aromatic N) is 3. The second kappa shape index (κ2) is 8.58. The van der Waals surface area contributed by atoms with Crippen molar-refractivity contribution in [2.45, 2.75) is 17.9 Å². The zero-order valence-corrected chi connectivity index (χ0v) is 18.6. The molecule has 4 rings (SSSR count). The van der Waals surface area contributed by atoms with E-state index in [1.54, 1.807) is 43.3 Å². The van der Waals surface area contributed by atoms with Crippen molar-refractivity contribution in [1.82, 2.24) is 9.21 Å². The van der Waals surface area contributed by atoms with Crippen LogP contribution in [0.1, 0.15) is 6.92 Å². The topological polar surface area (TPSA) is 90.0 Å². The van der Waals surface area contributed by atoms with Gasteiger partial charge in [-0.15, -0.1) is 0 Å². The summed E-state index contributed by atoms with van der Waals surface area (Å²) < 4.78 is 27.3. The molecule has 2 aromatic rings. The number of para-hydroxylation sites is 2. The molecule has 2 heterocycles. The first-order chi connectivity index (χ1) is 14.8. The molecular formula is C21H23ClN4O4S. The van der Waals surface area contributed by atoms with Crippen LogP contribution in [0.25, 0.3) is 0 Å². The van der Waals surface area contributed by atoms with E-state index in [-0.39, 0.29) is 41.4 Å². The number of carbonyl (C=O) groups excluding carboxylic acids is 2. The first-order valence-corrected chi connectivity index (χ1v) is 11.8. The monoisotopic (exact) mass is 462 g/mol. The van der Waals surface area contributed by atoms with Gasteiger partial charge < -0.3 is 5.32 Å². The smallest absolute Gasteiger partial charge is 0.244 e. The third-order valence-corrected chi connectivity index (χ3v) is 8.07. The van der Waals surface area contributed by atoms with Gasteiger partial charge in [0, 0.05) is 26.2 Å². The van der Waals surface area contributed by atoms with Crippen LogP contribution in [0, 0.1) is 0 Å². The Kier molecular flexibility index (Phi) is 6.02. The minimum Gasteiger partial charge on any atom is -0.323 e. The molecule has 8 nitrogen and oxygen atoms in total. The van der Waals surface area contributed by atoms with Gasteiger partial charge >= 0.3 is 0 Å². The maximum absolute atomic E-state index is 13.2. The van der Waals surface area contributed by atoms with Crippen molar-refractivity contribution >= 4 is 44.8 Å². The van der Waals surface area contributed by atoms with Gasteiger partial charge in [0.1, 0.15) is 11.4 Å².